The van der Waals surface area contributed by atoms with Crippen LogP contribution in [0.5, 0.6) is 0 Å². The first-order valence-electron chi connectivity index (χ1n) is 14.5. The molecule has 0 N–H and O–H groups in total. The van der Waals surface area contributed by atoms with Gasteiger partial charge in [0.1, 0.15) is 23.3 Å². The molecule has 45 heavy (non-hydrogen) atoms. The average Bonchev–Trinajstić information content (AvgIpc) is 3.43. The summed E-state index contributed by atoms with van der Waals surface area (Å²) < 4.78 is 103. The zero-order valence-electron chi connectivity index (χ0n) is 24.1. The predicted molar refractivity (Wildman–Crippen MR) is 149 cm³/mol. The number of halogens is 7. The smallest absolute Gasteiger partial charge is 0.369 e. The molecule has 0 bridgehead atoms. The van der Waals surface area contributed by atoms with Crippen LogP contribution < -0.4 is 4.90 Å². The normalized spacial score (nSPS) is 20.2. The lowest BCUT2D eigenvalue weighted by Crippen LogP contribution is -2.37. The Bertz CT molecular complexity index is 1580. The molecule has 0 saturated carbocycles. The van der Waals surface area contributed by atoms with Crippen LogP contribution in [-0.2, 0) is 30.1 Å². The van der Waals surface area contributed by atoms with Gasteiger partial charge in [0.25, 0.3) is 0 Å². The third-order valence-electron chi connectivity index (χ3n) is 8.56. The number of hydrogen-bond donors (Lipinski definition) is 0. The number of aromatic nitrogens is 5. The number of alkyl halides is 6. The number of hydrogen-bond acceptors (Lipinski definition) is 6. The van der Waals surface area contributed by atoms with E-state index >= 15 is 0 Å². The van der Waals surface area contributed by atoms with Gasteiger partial charge in [-0.15, -0.1) is 10.2 Å². The molecule has 14 heteroatoms. The monoisotopic (exact) mass is 634 g/mol. The van der Waals surface area contributed by atoms with E-state index in [1.54, 1.807) is 30.7 Å². The summed E-state index contributed by atoms with van der Waals surface area (Å²) in [6.45, 7) is 3.26. The van der Waals surface area contributed by atoms with E-state index in [0.29, 0.717) is 24.5 Å². The van der Waals surface area contributed by atoms with Gasteiger partial charge in [-0.3, -0.25) is 4.98 Å². The molecule has 2 aliphatic heterocycles. The van der Waals surface area contributed by atoms with Crippen LogP contribution in [0.2, 0.25) is 0 Å². The first-order chi connectivity index (χ1) is 21.4. The van der Waals surface area contributed by atoms with Crippen molar-refractivity contribution < 1.29 is 35.5 Å². The lowest BCUT2D eigenvalue weighted by Gasteiger charge is -2.36. The molecule has 1 fully saturated rings. The van der Waals surface area contributed by atoms with Gasteiger partial charge in [-0.05, 0) is 61.2 Å². The van der Waals surface area contributed by atoms with Crippen LogP contribution in [0, 0.1) is 5.82 Å². The van der Waals surface area contributed by atoms with Crippen molar-refractivity contribution in [2.24, 2.45) is 0 Å². The highest BCUT2D eigenvalue weighted by Crippen LogP contribution is 2.41. The number of rotatable bonds is 6. The number of ether oxygens (including phenoxy) is 1. The molecule has 1 saturated heterocycles. The molecule has 2 aromatic carbocycles. The Balaban J connectivity index is 1.27. The zero-order chi connectivity index (χ0) is 31.9. The van der Waals surface area contributed by atoms with Crippen LogP contribution in [0.3, 0.4) is 0 Å². The second-order valence-electron chi connectivity index (χ2n) is 11.4. The third kappa shape index (κ3) is 6.65. The number of benzene rings is 2. The zero-order valence-corrected chi connectivity index (χ0v) is 24.1. The molecule has 0 unspecified atom stereocenters. The van der Waals surface area contributed by atoms with Gasteiger partial charge in [-0.2, -0.15) is 26.3 Å². The number of anilines is 1. The van der Waals surface area contributed by atoms with Gasteiger partial charge in [0, 0.05) is 50.3 Å². The summed E-state index contributed by atoms with van der Waals surface area (Å²) in [5.41, 5.74) is -2.35. The number of piperidine rings is 1. The molecule has 0 spiro atoms. The maximum Gasteiger partial charge on any atom is 0.416 e. The van der Waals surface area contributed by atoms with Crippen LogP contribution in [0.1, 0.15) is 71.6 Å². The van der Waals surface area contributed by atoms with Gasteiger partial charge < -0.3 is 14.2 Å². The van der Waals surface area contributed by atoms with Crippen molar-refractivity contribution in [2.45, 2.75) is 69.1 Å². The minimum Gasteiger partial charge on any atom is -0.369 e. The van der Waals surface area contributed by atoms with Crippen molar-refractivity contribution in [1.29, 1.82) is 0 Å². The molecular formula is C31H29F7N6O. The molecule has 0 radical (unpaired) electrons. The van der Waals surface area contributed by atoms with Crippen LogP contribution >= 0.6 is 0 Å². The Morgan fingerprint density at radius 1 is 0.889 bits per heavy atom. The quantitative estimate of drug-likeness (QED) is 0.211. The molecule has 3 atom stereocenters. The molecular weight excluding hydrogens is 605 g/mol. The van der Waals surface area contributed by atoms with E-state index in [0.717, 1.165) is 43.1 Å². The van der Waals surface area contributed by atoms with Gasteiger partial charge in [0.05, 0.1) is 29.5 Å². The summed E-state index contributed by atoms with van der Waals surface area (Å²) in [5.74, 6) is 1.47. The number of fused-ring (bicyclic) bond motifs is 1. The Kier molecular flexibility index (Phi) is 8.27. The summed E-state index contributed by atoms with van der Waals surface area (Å²) in [6, 6.07) is 7.31. The van der Waals surface area contributed by atoms with Gasteiger partial charge in [0.2, 0.25) is 0 Å². The average molecular weight is 635 g/mol. The Morgan fingerprint density at radius 3 is 2.16 bits per heavy atom. The lowest BCUT2D eigenvalue weighted by molar-refractivity contribution is -0.143. The molecule has 4 aromatic rings. The summed E-state index contributed by atoms with van der Waals surface area (Å²) in [5, 5.41) is 8.93. The van der Waals surface area contributed by atoms with Crippen LogP contribution in [-0.4, -0.2) is 43.9 Å². The van der Waals surface area contributed by atoms with E-state index in [9.17, 15) is 30.7 Å². The molecule has 0 amide bonds. The van der Waals surface area contributed by atoms with Gasteiger partial charge in [0.15, 0.2) is 0 Å². The Hall–Kier alpha value is -4.07. The summed E-state index contributed by atoms with van der Waals surface area (Å²) >= 11 is 0. The lowest BCUT2D eigenvalue weighted by atomic mass is 9.87. The Labute approximate surface area is 254 Å². The molecule has 6 rings (SSSR count). The summed E-state index contributed by atoms with van der Waals surface area (Å²) in [6.07, 6.45) is -4.98. The van der Waals surface area contributed by atoms with E-state index in [1.165, 1.54) is 19.1 Å². The fraction of sp³-hybridized carbons (Fsp3) is 0.419. The molecule has 4 heterocycles. The van der Waals surface area contributed by atoms with Crippen molar-refractivity contribution in [2.75, 3.05) is 18.0 Å². The van der Waals surface area contributed by atoms with Crippen molar-refractivity contribution in [1.82, 2.24) is 24.7 Å². The van der Waals surface area contributed by atoms with Gasteiger partial charge in [-0.1, -0.05) is 12.1 Å². The molecule has 238 valence electrons. The largest absolute Gasteiger partial charge is 0.416 e. The Morgan fingerprint density at radius 2 is 1.56 bits per heavy atom. The minimum absolute atomic E-state index is 0.0971. The molecule has 2 aliphatic rings. The van der Waals surface area contributed by atoms with Gasteiger partial charge in [-0.25, -0.2) is 9.37 Å². The van der Waals surface area contributed by atoms with Crippen molar-refractivity contribution in [3.8, 4) is 0 Å². The van der Waals surface area contributed by atoms with E-state index in [1.807, 2.05) is 4.57 Å². The second kappa shape index (κ2) is 12.0. The summed E-state index contributed by atoms with van der Waals surface area (Å²) in [4.78, 5) is 10.7. The molecule has 0 aliphatic carbocycles. The first kappa shape index (κ1) is 30.9. The van der Waals surface area contributed by atoms with E-state index in [4.69, 9.17) is 4.74 Å². The predicted octanol–water partition coefficient (Wildman–Crippen LogP) is 7.12. The van der Waals surface area contributed by atoms with E-state index in [-0.39, 0.29) is 24.0 Å². The highest BCUT2D eigenvalue weighted by atomic mass is 19.4. The van der Waals surface area contributed by atoms with E-state index < -0.39 is 47.4 Å². The minimum atomic E-state index is -4.98. The van der Waals surface area contributed by atoms with Crippen molar-refractivity contribution in [3.63, 3.8) is 0 Å². The first-order valence-corrected chi connectivity index (χ1v) is 14.5. The van der Waals surface area contributed by atoms with Gasteiger partial charge >= 0.3 is 12.4 Å². The molecule has 7 nitrogen and oxygen atoms in total. The second-order valence-corrected chi connectivity index (χ2v) is 11.4. The van der Waals surface area contributed by atoms with Crippen LogP contribution in [0.25, 0.3) is 0 Å². The maximum atomic E-state index is 13.8. The molecule has 2 aromatic heterocycles. The number of nitrogens with zero attached hydrogens (tertiary/aromatic N) is 6. The van der Waals surface area contributed by atoms with Crippen molar-refractivity contribution in [3.05, 3.63) is 101 Å². The highest BCUT2D eigenvalue weighted by Gasteiger charge is 2.39. The summed E-state index contributed by atoms with van der Waals surface area (Å²) in [7, 11) is 0. The fourth-order valence-corrected chi connectivity index (χ4v) is 6.19. The highest BCUT2D eigenvalue weighted by molar-refractivity contribution is 5.37. The van der Waals surface area contributed by atoms with Crippen molar-refractivity contribution >= 4 is 5.82 Å². The van der Waals surface area contributed by atoms with E-state index in [2.05, 4.69) is 25.1 Å². The standard InChI is InChI=1S/C31H29F7N6O/c1-18(21-12-22(30(33,34)35)14-23(13-21)31(36,37)38)45-26-15-27-41-42-29(44(27)17-25(26)19-2-4-24(32)5-3-19)20-6-10-43(11-7-20)28-16-39-8-9-40-28/h2-5,8-9,12-14,16,18,20,25-26H,6-7,10-11,15,17H2,1H3/t18-,25-,26+/m1/s1. The maximum absolute atomic E-state index is 13.8. The fourth-order valence-electron chi connectivity index (χ4n) is 6.19. The van der Waals surface area contributed by atoms with Crippen LogP contribution in [0.4, 0.5) is 36.6 Å². The third-order valence-corrected chi connectivity index (χ3v) is 8.56. The topological polar surface area (TPSA) is 69.0 Å². The SMILES string of the molecule is C[C@@H](O[C@H]1Cc2nnc(C3CCN(c4cnccn4)CC3)n2C[C@@H]1c1ccc(F)cc1)c1cc(C(F)(F)F)cc(C(F)(F)F)c1. The van der Waals surface area contributed by atoms with Crippen LogP contribution in [0.15, 0.2) is 61.1 Å².